The van der Waals surface area contributed by atoms with Gasteiger partial charge in [0, 0.05) is 5.39 Å². The first-order valence-electron chi connectivity index (χ1n) is 8.22. The van der Waals surface area contributed by atoms with Gasteiger partial charge in [0.25, 0.3) is 0 Å². The minimum absolute atomic E-state index is 0.259. The third kappa shape index (κ3) is 4.87. The molecule has 1 N–H and O–H groups in total. The van der Waals surface area contributed by atoms with E-state index in [1.807, 2.05) is 12.1 Å². The van der Waals surface area contributed by atoms with Crippen LogP contribution in [-0.2, 0) is 0 Å². The van der Waals surface area contributed by atoms with Gasteiger partial charge in [-0.2, -0.15) is 0 Å². The van der Waals surface area contributed by atoms with Crippen LogP contribution < -0.4 is 4.74 Å². The number of ether oxygens (including phenoxy) is 1. The lowest BCUT2D eigenvalue weighted by molar-refractivity contribution is 0.0697. The van der Waals surface area contributed by atoms with Gasteiger partial charge in [-0.15, -0.1) is 0 Å². The number of carboxylic acids is 1. The number of unbranched alkanes of at least 4 members (excludes halogenated alkanes) is 5. The molecule has 0 saturated carbocycles. The Hall–Kier alpha value is -1.74. The molecular formula is C19H23ClO3. The standard InChI is InChI=1S/C19H23ClO3/c1-2-3-4-5-6-7-12-23-17-11-9-14-13-15(19(21)22)8-10-16(14)18(17)20/h8-11,13H,2-7,12H2,1H3,(H,21,22). The number of hydrogen-bond donors (Lipinski definition) is 1. The fraction of sp³-hybridized carbons (Fsp3) is 0.421. The Labute approximate surface area is 142 Å². The lowest BCUT2D eigenvalue weighted by Crippen LogP contribution is -1.99. The highest BCUT2D eigenvalue weighted by Gasteiger charge is 2.09. The number of benzene rings is 2. The fourth-order valence-corrected chi connectivity index (χ4v) is 2.87. The summed E-state index contributed by atoms with van der Waals surface area (Å²) in [6, 6.07) is 8.59. The van der Waals surface area contributed by atoms with Crippen molar-refractivity contribution in [2.75, 3.05) is 6.61 Å². The van der Waals surface area contributed by atoms with Gasteiger partial charge in [0.05, 0.1) is 17.2 Å². The average molecular weight is 335 g/mol. The Morgan fingerprint density at radius 3 is 2.57 bits per heavy atom. The molecule has 3 nitrogen and oxygen atoms in total. The van der Waals surface area contributed by atoms with E-state index in [0.717, 1.165) is 17.2 Å². The quantitative estimate of drug-likeness (QED) is 0.578. The molecule has 23 heavy (non-hydrogen) atoms. The smallest absolute Gasteiger partial charge is 0.335 e. The highest BCUT2D eigenvalue weighted by atomic mass is 35.5. The van der Waals surface area contributed by atoms with E-state index < -0.39 is 5.97 Å². The first-order chi connectivity index (χ1) is 11.1. The summed E-state index contributed by atoms with van der Waals surface area (Å²) in [6.45, 7) is 2.87. The minimum Gasteiger partial charge on any atom is -0.492 e. The Kier molecular flexibility index (Phi) is 6.72. The van der Waals surface area contributed by atoms with Crippen molar-refractivity contribution >= 4 is 28.3 Å². The predicted octanol–water partition coefficient (Wildman–Crippen LogP) is 5.93. The van der Waals surface area contributed by atoms with Gasteiger partial charge < -0.3 is 9.84 Å². The molecule has 2 rings (SSSR count). The number of halogens is 1. The topological polar surface area (TPSA) is 46.5 Å². The highest BCUT2D eigenvalue weighted by Crippen LogP contribution is 2.33. The zero-order chi connectivity index (χ0) is 16.7. The lowest BCUT2D eigenvalue weighted by Gasteiger charge is -2.10. The third-order valence-corrected chi connectivity index (χ3v) is 4.31. The van der Waals surface area contributed by atoms with Crippen molar-refractivity contribution in [3.63, 3.8) is 0 Å². The van der Waals surface area contributed by atoms with Crippen LogP contribution in [0.2, 0.25) is 5.02 Å². The summed E-state index contributed by atoms with van der Waals surface area (Å²) in [6.07, 6.45) is 7.30. The normalized spacial score (nSPS) is 10.9. The van der Waals surface area contributed by atoms with E-state index in [-0.39, 0.29) is 5.56 Å². The van der Waals surface area contributed by atoms with Gasteiger partial charge in [-0.25, -0.2) is 4.79 Å². The molecule has 0 unspecified atom stereocenters. The molecule has 0 aliphatic carbocycles. The summed E-state index contributed by atoms with van der Waals surface area (Å²) in [7, 11) is 0. The predicted molar refractivity (Wildman–Crippen MR) is 94.8 cm³/mol. The largest absolute Gasteiger partial charge is 0.492 e. The first-order valence-corrected chi connectivity index (χ1v) is 8.59. The third-order valence-electron chi connectivity index (χ3n) is 3.92. The number of hydrogen-bond acceptors (Lipinski definition) is 2. The highest BCUT2D eigenvalue weighted by molar-refractivity contribution is 6.37. The van der Waals surface area contributed by atoms with Crippen molar-refractivity contribution < 1.29 is 14.6 Å². The van der Waals surface area contributed by atoms with Crippen molar-refractivity contribution in [3.8, 4) is 5.75 Å². The van der Waals surface area contributed by atoms with Crippen LogP contribution in [0.1, 0.15) is 55.8 Å². The SMILES string of the molecule is CCCCCCCCOc1ccc2cc(C(=O)O)ccc2c1Cl. The summed E-state index contributed by atoms with van der Waals surface area (Å²) < 4.78 is 5.78. The van der Waals surface area contributed by atoms with Crippen molar-refractivity contribution in [2.24, 2.45) is 0 Å². The Morgan fingerprint density at radius 2 is 1.83 bits per heavy atom. The van der Waals surface area contributed by atoms with Crippen molar-refractivity contribution in [1.29, 1.82) is 0 Å². The van der Waals surface area contributed by atoms with Crippen molar-refractivity contribution in [3.05, 3.63) is 40.9 Å². The van der Waals surface area contributed by atoms with Crippen LogP contribution in [0.5, 0.6) is 5.75 Å². The number of carboxylic acid groups (broad SMARTS) is 1. The molecule has 0 fully saturated rings. The zero-order valence-corrected chi connectivity index (χ0v) is 14.2. The maximum Gasteiger partial charge on any atom is 0.335 e. The van der Waals surface area contributed by atoms with E-state index in [2.05, 4.69) is 6.92 Å². The fourth-order valence-electron chi connectivity index (χ4n) is 2.58. The molecule has 0 saturated heterocycles. The molecule has 124 valence electrons. The Bertz CT molecular complexity index is 667. The number of carbonyl (C=O) groups is 1. The van der Waals surface area contributed by atoms with Crippen molar-refractivity contribution in [2.45, 2.75) is 45.4 Å². The van der Waals surface area contributed by atoms with Gasteiger partial charge in [-0.05, 0) is 30.0 Å². The molecule has 0 aliphatic rings. The number of fused-ring (bicyclic) bond motifs is 1. The van der Waals surface area contributed by atoms with Gasteiger partial charge in [-0.1, -0.05) is 62.8 Å². The molecule has 2 aromatic carbocycles. The van der Waals surface area contributed by atoms with Crippen LogP contribution in [0.4, 0.5) is 0 Å². The molecule has 0 spiro atoms. The molecule has 0 bridgehead atoms. The second-order valence-electron chi connectivity index (χ2n) is 5.73. The van der Waals surface area contributed by atoms with Crippen LogP contribution in [-0.4, -0.2) is 17.7 Å². The Balaban J connectivity index is 1.95. The molecule has 0 aliphatic heterocycles. The van der Waals surface area contributed by atoms with Crippen LogP contribution in [0, 0.1) is 0 Å². The average Bonchev–Trinajstić information content (AvgIpc) is 2.55. The van der Waals surface area contributed by atoms with Crippen molar-refractivity contribution in [1.82, 2.24) is 0 Å². The molecule has 0 amide bonds. The van der Waals surface area contributed by atoms with E-state index in [4.69, 9.17) is 21.4 Å². The second kappa shape index (κ2) is 8.78. The second-order valence-corrected chi connectivity index (χ2v) is 6.11. The van der Waals surface area contributed by atoms with Gasteiger partial charge in [0.15, 0.2) is 0 Å². The van der Waals surface area contributed by atoms with Crippen LogP contribution in [0.15, 0.2) is 30.3 Å². The summed E-state index contributed by atoms with van der Waals surface area (Å²) in [4.78, 5) is 11.0. The van der Waals surface area contributed by atoms with Gasteiger partial charge >= 0.3 is 5.97 Å². The maximum absolute atomic E-state index is 11.0. The van der Waals surface area contributed by atoms with Crippen LogP contribution in [0.3, 0.4) is 0 Å². The molecule has 0 atom stereocenters. The molecule has 0 radical (unpaired) electrons. The van der Waals surface area contributed by atoms with E-state index in [9.17, 15) is 4.79 Å². The molecule has 4 heteroatoms. The summed E-state index contributed by atoms with van der Waals surface area (Å²) in [5.74, 6) is -0.276. The van der Waals surface area contributed by atoms with E-state index in [0.29, 0.717) is 17.4 Å². The molecule has 0 aromatic heterocycles. The summed E-state index contributed by atoms with van der Waals surface area (Å²) in [5, 5.41) is 11.2. The van der Waals surface area contributed by atoms with Crippen LogP contribution in [0.25, 0.3) is 10.8 Å². The molecule has 0 heterocycles. The van der Waals surface area contributed by atoms with E-state index >= 15 is 0 Å². The summed E-state index contributed by atoms with van der Waals surface area (Å²) in [5.41, 5.74) is 0.259. The number of aromatic carboxylic acids is 1. The first kappa shape index (κ1) is 17.6. The van der Waals surface area contributed by atoms with Crippen LogP contribution >= 0.6 is 11.6 Å². The lowest BCUT2D eigenvalue weighted by atomic mass is 10.1. The number of rotatable bonds is 9. The van der Waals surface area contributed by atoms with Gasteiger partial charge in [-0.3, -0.25) is 0 Å². The van der Waals surface area contributed by atoms with Gasteiger partial charge in [0.2, 0.25) is 0 Å². The van der Waals surface area contributed by atoms with Gasteiger partial charge in [0.1, 0.15) is 5.75 Å². The Morgan fingerprint density at radius 1 is 1.09 bits per heavy atom. The molecular weight excluding hydrogens is 312 g/mol. The monoisotopic (exact) mass is 334 g/mol. The summed E-state index contributed by atoms with van der Waals surface area (Å²) >= 11 is 6.38. The van der Waals surface area contributed by atoms with E-state index in [1.165, 1.54) is 32.1 Å². The molecule has 2 aromatic rings. The zero-order valence-electron chi connectivity index (χ0n) is 13.5. The van der Waals surface area contributed by atoms with E-state index in [1.54, 1.807) is 18.2 Å². The maximum atomic E-state index is 11.0. The minimum atomic E-state index is -0.938.